The minimum absolute atomic E-state index is 0.128. The normalized spacial score (nSPS) is 19.6. The van der Waals surface area contributed by atoms with Crippen LogP contribution in [0.4, 0.5) is 0 Å². The maximum atomic E-state index is 12.9. The van der Waals surface area contributed by atoms with Gasteiger partial charge in [-0.25, -0.2) is 0 Å². The lowest BCUT2D eigenvalue weighted by molar-refractivity contribution is -0.133. The summed E-state index contributed by atoms with van der Waals surface area (Å²) in [5.74, 6) is 0.690. The molecular weight excluding hydrogens is 464 g/mol. The van der Waals surface area contributed by atoms with Crippen molar-refractivity contribution in [3.05, 3.63) is 40.1 Å². The van der Waals surface area contributed by atoms with Gasteiger partial charge in [-0.2, -0.15) is 0 Å². The van der Waals surface area contributed by atoms with E-state index in [2.05, 4.69) is 22.9 Å². The highest BCUT2D eigenvalue weighted by Crippen LogP contribution is 2.29. The van der Waals surface area contributed by atoms with Crippen LogP contribution in [0, 0.1) is 5.92 Å². The molecule has 2 aromatic rings. The lowest BCUT2D eigenvalue weighted by Crippen LogP contribution is -2.39. The molecule has 0 spiro atoms. The van der Waals surface area contributed by atoms with Crippen molar-refractivity contribution in [3.63, 3.8) is 0 Å². The molecule has 2 aliphatic rings. The van der Waals surface area contributed by atoms with Gasteiger partial charge in [0.05, 0.1) is 0 Å². The zero-order chi connectivity index (χ0) is 21.6. The number of hydrogen-bond donors (Lipinski definition) is 0. The monoisotopic (exact) mass is 488 g/mol. The van der Waals surface area contributed by atoms with Gasteiger partial charge in [-0.3, -0.25) is 14.5 Å². The van der Waals surface area contributed by atoms with Crippen LogP contribution in [-0.2, 0) is 16.1 Å². The van der Waals surface area contributed by atoms with Crippen LogP contribution in [0.1, 0.15) is 25.3 Å². The Morgan fingerprint density at radius 2 is 1.93 bits per heavy atom. The Morgan fingerprint density at radius 1 is 1.23 bits per heavy atom. The van der Waals surface area contributed by atoms with Crippen molar-refractivity contribution < 1.29 is 9.59 Å². The third-order valence-electron chi connectivity index (χ3n) is 6.07. The van der Waals surface area contributed by atoms with E-state index in [0.717, 1.165) is 46.9 Å². The predicted octanol–water partition coefficient (Wildman–Crippen LogP) is 3.69. The van der Waals surface area contributed by atoms with Gasteiger partial charge in [0.15, 0.2) is 5.11 Å². The van der Waals surface area contributed by atoms with E-state index in [9.17, 15) is 9.59 Å². The van der Waals surface area contributed by atoms with E-state index in [1.165, 1.54) is 4.90 Å². The number of carbonyl (C=O) groups is 2. The Bertz CT molecular complexity index is 1070. The van der Waals surface area contributed by atoms with Gasteiger partial charge in [-0.15, -0.1) is 0 Å². The number of aromatic nitrogens is 1. The number of halogens is 1. The Hall–Kier alpha value is -2.19. The van der Waals surface area contributed by atoms with Crippen molar-refractivity contribution in [2.75, 3.05) is 27.2 Å². The van der Waals surface area contributed by atoms with E-state index in [-0.39, 0.29) is 18.4 Å². The van der Waals surface area contributed by atoms with Gasteiger partial charge in [-0.1, -0.05) is 22.9 Å². The SMILES string of the molecule is CC1CCN(C(=O)Cn2cc(/C=C3/C(=O)N(C)C(=S)N3C)c3cc(Br)ccc32)CC1. The fourth-order valence-corrected chi connectivity index (χ4v) is 4.62. The molecule has 2 fully saturated rings. The minimum atomic E-state index is -0.128. The first kappa shape index (κ1) is 21.1. The first-order chi connectivity index (χ1) is 14.3. The van der Waals surface area contributed by atoms with Crippen LogP contribution in [0.25, 0.3) is 17.0 Å². The van der Waals surface area contributed by atoms with Crippen LogP contribution >= 0.6 is 28.1 Å². The molecule has 8 heteroatoms. The van der Waals surface area contributed by atoms with E-state index in [0.29, 0.717) is 16.7 Å². The van der Waals surface area contributed by atoms with Crippen LogP contribution in [-0.4, -0.2) is 63.4 Å². The van der Waals surface area contributed by atoms with Gasteiger partial charge in [0.1, 0.15) is 12.2 Å². The summed E-state index contributed by atoms with van der Waals surface area (Å²) in [6, 6.07) is 6.00. The molecule has 1 aromatic carbocycles. The Morgan fingerprint density at radius 3 is 2.57 bits per heavy atom. The quantitative estimate of drug-likeness (QED) is 0.488. The number of thiocarbonyl (C=S) groups is 1. The number of rotatable bonds is 3. The first-order valence-electron chi connectivity index (χ1n) is 10.1. The lowest BCUT2D eigenvalue weighted by atomic mass is 9.99. The lowest BCUT2D eigenvalue weighted by Gasteiger charge is -2.30. The van der Waals surface area contributed by atoms with E-state index < -0.39 is 0 Å². The summed E-state index contributed by atoms with van der Waals surface area (Å²) in [7, 11) is 3.48. The van der Waals surface area contributed by atoms with Gasteiger partial charge in [0.25, 0.3) is 5.91 Å². The smallest absolute Gasteiger partial charge is 0.276 e. The topological polar surface area (TPSA) is 48.8 Å². The average molecular weight is 489 g/mol. The van der Waals surface area contributed by atoms with E-state index >= 15 is 0 Å². The summed E-state index contributed by atoms with van der Waals surface area (Å²) in [5, 5.41) is 1.46. The maximum Gasteiger partial charge on any atom is 0.276 e. The molecule has 2 aliphatic heterocycles. The average Bonchev–Trinajstić information content (AvgIpc) is 3.14. The molecule has 1 aromatic heterocycles. The van der Waals surface area contributed by atoms with E-state index in [4.69, 9.17) is 12.2 Å². The number of benzene rings is 1. The Kier molecular flexibility index (Phi) is 5.72. The zero-order valence-electron chi connectivity index (χ0n) is 17.4. The molecule has 0 saturated carbocycles. The van der Waals surface area contributed by atoms with Crippen LogP contribution in [0.5, 0.6) is 0 Å². The molecule has 2 amide bonds. The van der Waals surface area contributed by atoms with Crippen molar-refractivity contribution in [3.8, 4) is 0 Å². The Balaban J connectivity index is 1.69. The van der Waals surface area contributed by atoms with Gasteiger partial charge >= 0.3 is 0 Å². The molecule has 0 unspecified atom stereocenters. The maximum absolute atomic E-state index is 12.9. The highest BCUT2D eigenvalue weighted by Gasteiger charge is 2.33. The van der Waals surface area contributed by atoms with Gasteiger partial charge < -0.3 is 14.4 Å². The fourth-order valence-electron chi connectivity index (χ4n) is 4.08. The molecule has 3 heterocycles. The van der Waals surface area contributed by atoms with Gasteiger partial charge in [-0.05, 0) is 55.3 Å². The second kappa shape index (κ2) is 8.15. The van der Waals surface area contributed by atoms with E-state index in [1.807, 2.05) is 39.9 Å². The molecule has 4 rings (SSSR count). The fraction of sp³-hybridized carbons (Fsp3) is 0.409. The predicted molar refractivity (Wildman–Crippen MR) is 126 cm³/mol. The number of carbonyl (C=O) groups excluding carboxylic acids is 2. The molecule has 0 aliphatic carbocycles. The molecule has 6 nitrogen and oxygen atoms in total. The number of amides is 2. The highest BCUT2D eigenvalue weighted by atomic mass is 79.9. The van der Waals surface area contributed by atoms with Crippen LogP contribution in [0.15, 0.2) is 34.6 Å². The summed E-state index contributed by atoms with van der Waals surface area (Å²) >= 11 is 8.86. The largest absolute Gasteiger partial charge is 0.341 e. The second-order valence-electron chi connectivity index (χ2n) is 8.17. The summed E-state index contributed by atoms with van der Waals surface area (Å²) in [6.45, 7) is 4.18. The number of likely N-dealkylation sites (tertiary alicyclic amines) is 1. The molecule has 0 N–H and O–H groups in total. The van der Waals surface area contributed by atoms with E-state index in [1.54, 1.807) is 19.0 Å². The number of piperidine rings is 1. The molecular formula is C22H25BrN4O2S. The number of fused-ring (bicyclic) bond motifs is 1. The van der Waals surface area contributed by atoms with Crippen LogP contribution < -0.4 is 0 Å². The zero-order valence-corrected chi connectivity index (χ0v) is 19.8. The number of hydrogen-bond acceptors (Lipinski definition) is 3. The number of nitrogens with zero attached hydrogens (tertiary/aromatic N) is 4. The Labute approximate surface area is 190 Å². The molecule has 0 atom stereocenters. The highest BCUT2D eigenvalue weighted by molar-refractivity contribution is 9.10. The minimum Gasteiger partial charge on any atom is -0.341 e. The third kappa shape index (κ3) is 3.78. The molecule has 158 valence electrons. The summed E-state index contributed by atoms with van der Waals surface area (Å²) in [5.41, 5.74) is 2.38. The second-order valence-corrected chi connectivity index (χ2v) is 9.45. The van der Waals surface area contributed by atoms with Crippen molar-refractivity contribution in [2.24, 2.45) is 5.92 Å². The first-order valence-corrected chi connectivity index (χ1v) is 11.3. The van der Waals surface area contributed by atoms with Crippen molar-refractivity contribution in [2.45, 2.75) is 26.3 Å². The van der Waals surface area contributed by atoms with Crippen LogP contribution in [0.3, 0.4) is 0 Å². The van der Waals surface area contributed by atoms with Crippen molar-refractivity contribution in [1.29, 1.82) is 0 Å². The molecule has 0 bridgehead atoms. The molecule has 2 saturated heterocycles. The summed E-state index contributed by atoms with van der Waals surface area (Å²) in [6.07, 6.45) is 5.93. The molecule has 0 radical (unpaired) electrons. The van der Waals surface area contributed by atoms with Gasteiger partial charge in [0.2, 0.25) is 5.91 Å². The summed E-state index contributed by atoms with van der Waals surface area (Å²) in [4.78, 5) is 30.7. The number of likely N-dealkylation sites (N-methyl/N-ethyl adjacent to an activating group) is 2. The third-order valence-corrected chi connectivity index (χ3v) is 7.11. The van der Waals surface area contributed by atoms with Crippen molar-refractivity contribution in [1.82, 2.24) is 19.3 Å². The summed E-state index contributed by atoms with van der Waals surface area (Å²) < 4.78 is 2.93. The standard InChI is InChI=1S/C22H25BrN4O2S/c1-14-6-8-26(9-7-14)20(28)13-27-12-15(17-11-16(23)4-5-18(17)27)10-19-21(29)25(3)22(30)24(19)2/h4-5,10-12,14H,6-9,13H2,1-3H3/b19-10-. The van der Waals surface area contributed by atoms with Gasteiger partial charge in [0, 0.05) is 54.3 Å². The molecule has 30 heavy (non-hydrogen) atoms. The van der Waals surface area contributed by atoms with Crippen LogP contribution in [0.2, 0.25) is 0 Å². The van der Waals surface area contributed by atoms with Crippen molar-refractivity contribution >= 4 is 62.1 Å².